The number of carbonyl (C=O) groups is 2. The number of halogens is 2. The Bertz CT molecular complexity index is 1090. The van der Waals surface area contributed by atoms with Crippen molar-refractivity contribution in [2.45, 2.75) is 26.9 Å². The lowest BCUT2D eigenvalue weighted by Crippen LogP contribution is -2.44. The van der Waals surface area contributed by atoms with Gasteiger partial charge in [-0.3, -0.25) is 15.0 Å². The monoisotopic (exact) mass is 598 g/mol. The molecule has 1 fully saturated rings. The second kappa shape index (κ2) is 10.8. The van der Waals surface area contributed by atoms with E-state index in [1.165, 1.54) is 0 Å². The van der Waals surface area contributed by atoms with E-state index in [1.807, 2.05) is 26.8 Å². The fourth-order valence-corrected chi connectivity index (χ4v) is 4.76. The first kappa shape index (κ1) is 24.8. The van der Waals surface area contributed by atoms with Gasteiger partial charge < -0.3 is 9.47 Å². The Morgan fingerprint density at radius 3 is 2.56 bits per heavy atom. The van der Waals surface area contributed by atoms with E-state index in [4.69, 9.17) is 21.7 Å². The molecule has 1 N–H and O–H groups in total. The van der Waals surface area contributed by atoms with Crippen molar-refractivity contribution in [2.24, 2.45) is 0 Å². The maximum Gasteiger partial charge on any atom is 0.285 e. The Balaban J connectivity index is 1.83. The summed E-state index contributed by atoms with van der Waals surface area (Å²) in [6.07, 6.45) is 1.68. The number of hydrogen-bond donors (Lipinski definition) is 1. The number of hydrogen-bond acceptors (Lipinski definition) is 6. The fraction of sp³-hybridized carbons (Fsp3) is 0.227. The van der Waals surface area contributed by atoms with Gasteiger partial charge in [-0.1, -0.05) is 27.7 Å². The summed E-state index contributed by atoms with van der Waals surface area (Å²) in [5.74, 6) is 0.350. The molecule has 0 aromatic heterocycles. The van der Waals surface area contributed by atoms with E-state index in [-0.39, 0.29) is 10.4 Å². The lowest BCUT2D eigenvalue weighted by atomic mass is 10.2. The Labute approximate surface area is 212 Å². The molecule has 0 aliphatic carbocycles. The van der Waals surface area contributed by atoms with Gasteiger partial charge in [0.05, 0.1) is 22.1 Å². The lowest BCUT2D eigenvalue weighted by Gasteiger charge is -2.17. The smallest absolute Gasteiger partial charge is 0.285 e. The predicted octanol–water partition coefficient (Wildman–Crippen LogP) is 5.94. The zero-order valence-electron chi connectivity index (χ0n) is 17.5. The third kappa shape index (κ3) is 5.92. The fourth-order valence-electron chi connectivity index (χ4n) is 2.77. The minimum Gasteiger partial charge on any atom is -0.490 e. The van der Waals surface area contributed by atoms with Crippen molar-refractivity contribution in [1.29, 1.82) is 0 Å². The van der Waals surface area contributed by atoms with Crippen LogP contribution in [0, 0.1) is 0 Å². The van der Waals surface area contributed by atoms with Gasteiger partial charge >= 0.3 is 0 Å². The van der Waals surface area contributed by atoms with Crippen LogP contribution >= 0.6 is 55.8 Å². The maximum absolute atomic E-state index is 12.9. The van der Waals surface area contributed by atoms with Crippen molar-refractivity contribution in [3.63, 3.8) is 0 Å². The zero-order chi connectivity index (χ0) is 23.4. The van der Waals surface area contributed by atoms with Crippen molar-refractivity contribution >= 4 is 78.1 Å². The van der Waals surface area contributed by atoms with Crippen molar-refractivity contribution < 1.29 is 19.1 Å². The van der Waals surface area contributed by atoms with Crippen LogP contribution in [0.25, 0.3) is 6.08 Å². The van der Waals surface area contributed by atoms with Gasteiger partial charge in [0, 0.05) is 10.0 Å². The second-order valence-corrected chi connectivity index (χ2v) is 10.3. The van der Waals surface area contributed by atoms with Gasteiger partial charge in [0.2, 0.25) is 0 Å². The first-order chi connectivity index (χ1) is 15.2. The Morgan fingerprint density at radius 2 is 1.94 bits per heavy atom. The molecule has 168 valence electrons. The summed E-state index contributed by atoms with van der Waals surface area (Å²) < 4.78 is 13.4. The van der Waals surface area contributed by atoms with Crippen molar-refractivity contribution in [3.8, 4) is 11.5 Å². The molecule has 6 nitrogen and oxygen atoms in total. The molecule has 1 aliphatic rings. The van der Waals surface area contributed by atoms with Crippen LogP contribution in [0.2, 0.25) is 0 Å². The van der Waals surface area contributed by atoms with Crippen molar-refractivity contribution in [1.82, 2.24) is 10.4 Å². The third-order valence-electron chi connectivity index (χ3n) is 4.10. The highest BCUT2D eigenvalue weighted by Gasteiger charge is 2.34. The van der Waals surface area contributed by atoms with Crippen molar-refractivity contribution in [2.75, 3.05) is 6.61 Å². The van der Waals surface area contributed by atoms with Crippen LogP contribution < -0.4 is 14.9 Å². The molecule has 10 heteroatoms. The predicted molar refractivity (Wildman–Crippen MR) is 138 cm³/mol. The SMILES string of the molecule is CCOc1cc(/C=C2\SC(=S)N(NC(=O)c3ccc(Br)cc3)C2=O)cc(Br)c1OC(C)C. The quantitative estimate of drug-likeness (QED) is 0.314. The third-order valence-corrected chi connectivity index (χ3v) is 6.52. The van der Waals surface area contributed by atoms with E-state index in [0.29, 0.717) is 33.0 Å². The minimum atomic E-state index is -0.424. The molecule has 0 radical (unpaired) electrons. The number of nitrogens with zero attached hydrogens (tertiary/aromatic N) is 1. The molecule has 2 aromatic rings. The van der Waals surface area contributed by atoms with Gasteiger partial charge in [-0.15, -0.1) is 0 Å². The van der Waals surface area contributed by atoms with Gasteiger partial charge in [0.15, 0.2) is 15.8 Å². The average molecular weight is 600 g/mol. The van der Waals surface area contributed by atoms with Gasteiger partial charge in [-0.25, -0.2) is 0 Å². The molecule has 32 heavy (non-hydrogen) atoms. The molecule has 0 bridgehead atoms. The average Bonchev–Trinajstić information content (AvgIpc) is 2.98. The number of ether oxygens (including phenoxy) is 2. The number of nitrogens with one attached hydrogen (secondary N) is 1. The van der Waals surface area contributed by atoms with Crippen LogP contribution in [0.3, 0.4) is 0 Å². The summed E-state index contributed by atoms with van der Waals surface area (Å²) in [4.78, 5) is 25.8. The van der Waals surface area contributed by atoms with Gasteiger partial charge in [-0.2, -0.15) is 5.01 Å². The molecule has 1 saturated heterocycles. The number of rotatable bonds is 7. The standard InChI is InChI=1S/C22H20Br2N2O4S2/c1-4-29-17-10-13(9-16(24)19(17)30-12(2)3)11-18-21(28)26(22(31)32-18)25-20(27)14-5-7-15(23)8-6-14/h5-12H,4H2,1-3H3,(H,25,27)/b18-11-. The highest BCUT2D eigenvalue weighted by Crippen LogP contribution is 2.39. The number of carbonyl (C=O) groups excluding carboxylic acids is 2. The molecule has 1 heterocycles. The van der Waals surface area contributed by atoms with Crippen molar-refractivity contribution in [3.05, 3.63) is 61.4 Å². The van der Waals surface area contributed by atoms with E-state index >= 15 is 0 Å². The molecule has 0 spiro atoms. The largest absolute Gasteiger partial charge is 0.490 e. The van der Waals surface area contributed by atoms with E-state index in [9.17, 15) is 9.59 Å². The molecule has 1 aliphatic heterocycles. The molecule has 3 rings (SSSR count). The number of amides is 2. The summed E-state index contributed by atoms with van der Waals surface area (Å²) in [5, 5.41) is 1.09. The Hall–Kier alpha value is -1.88. The van der Waals surface area contributed by atoms with Crippen LogP contribution in [-0.2, 0) is 4.79 Å². The highest BCUT2D eigenvalue weighted by atomic mass is 79.9. The number of benzene rings is 2. The molecule has 0 saturated carbocycles. The number of hydrazine groups is 1. The Morgan fingerprint density at radius 1 is 1.25 bits per heavy atom. The summed E-state index contributed by atoms with van der Waals surface area (Å²) in [7, 11) is 0. The van der Waals surface area contributed by atoms with Gasteiger partial charge in [-0.05, 0) is 97.0 Å². The summed E-state index contributed by atoms with van der Waals surface area (Å²) in [6.45, 7) is 6.22. The van der Waals surface area contributed by atoms with Gasteiger partial charge in [0.1, 0.15) is 0 Å². The first-order valence-corrected chi connectivity index (χ1v) is 12.5. The second-order valence-electron chi connectivity index (χ2n) is 6.89. The van der Waals surface area contributed by atoms with Crippen LogP contribution in [-0.4, -0.2) is 33.9 Å². The highest BCUT2D eigenvalue weighted by molar-refractivity contribution is 9.10. The molecular formula is C22H20Br2N2O4S2. The molecule has 0 unspecified atom stereocenters. The lowest BCUT2D eigenvalue weighted by molar-refractivity contribution is -0.123. The zero-order valence-corrected chi connectivity index (χ0v) is 22.3. The topological polar surface area (TPSA) is 67.9 Å². The van der Waals surface area contributed by atoms with E-state index in [1.54, 1.807) is 36.4 Å². The summed E-state index contributed by atoms with van der Waals surface area (Å²) in [6, 6.07) is 10.5. The van der Waals surface area contributed by atoms with E-state index in [2.05, 4.69) is 37.3 Å². The van der Waals surface area contributed by atoms with Crippen LogP contribution in [0.5, 0.6) is 11.5 Å². The summed E-state index contributed by atoms with van der Waals surface area (Å²) >= 11 is 13.3. The van der Waals surface area contributed by atoms with Gasteiger partial charge in [0.25, 0.3) is 11.8 Å². The normalized spacial score (nSPS) is 14.9. The summed E-state index contributed by atoms with van der Waals surface area (Å²) in [5.41, 5.74) is 3.72. The number of thioether (sulfide) groups is 1. The first-order valence-electron chi connectivity index (χ1n) is 9.67. The maximum atomic E-state index is 12.9. The van der Waals surface area contributed by atoms with E-state index in [0.717, 1.165) is 26.8 Å². The molecule has 2 amide bonds. The molecule has 2 aromatic carbocycles. The molecular weight excluding hydrogens is 580 g/mol. The van der Waals surface area contributed by atoms with E-state index < -0.39 is 11.8 Å². The van der Waals surface area contributed by atoms with Crippen LogP contribution in [0.15, 0.2) is 50.2 Å². The van der Waals surface area contributed by atoms with Crippen LogP contribution in [0.1, 0.15) is 36.7 Å². The molecule has 0 atom stereocenters. The number of thiocarbonyl (C=S) groups is 1. The van der Waals surface area contributed by atoms with Crippen LogP contribution in [0.4, 0.5) is 0 Å². The Kier molecular flexibility index (Phi) is 8.37. The minimum absolute atomic E-state index is 0.0260.